The molecule has 0 unspecified atom stereocenters. The molecular weight excluding hydrogens is 270 g/mol. The summed E-state index contributed by atoms with van der Waals surface area (Å²) in [5, 5.41) is 12.3. The fourth-order valence-electron chi connectivity index (χ4n) is 1.88. The number of hydrogen-bond donors (Lipinski definition) is 4. The van der Waals surface area contributed by atoms with Crippen molar-refractivity contribution < 1.29 is 9.53 Å². The molecule has 0 radical (unpaired) electrons. The molecule has 0 atom stereocenters. The standard InChI is InChI=1S/C14H19N5O2/c1-3-16-13-11(12(15)18-19-13)14(20)17-9-5-7-10(8-6-9)21-4-2/h5-8H,3-4H2,1-2H3,(H,17,20)(H4,15,16,18,19). The number of carbonyl (C=O) groups is 1. The fraction of sp³-hybridized carbons (Fsp3) is 0.286. The van der Waals surface area contributed by atoms with Crippen LogP contribution in [0.5, 0.6) is 5.75 Å². The van der Waals surface area contributed by atoms with Crippen molar-refractivity contribution in [2.24, 2.45) is 0 Å². The van der Waals surface area contributed by atoms with Crippen molar-refractivity contribution in [1.82, 2.24) is 10.2 Å². The van der Waals surface area contributed by atoms with Gasteiger partial charge in [-0.25, -0.2) is 0 Å². The third kappa shape index (κ3) is 3.44. The number of anilines is 3. The molecule has 1 aromatic carbocycles. The topological polar surface area (TPSA) is 105 Å². The van der Waals surface area contributed by atoms with Crippen LogP contribution in [0.1, 0.15) is 24.2 Å². The third-order valence-electron chi connectivity index (χ3n) is 2.79. The van der Waals surface area contributed by atoms with Gasteiger partial charge >= 0.3 is 0 Å². The van der Waals surface area contributed by atoms with Crippen LogP contribution in [0.4, 0.5) is 17.3 Å². The fourth-order valence-corrected chi connectivity index (χ4v) is 1.88. The molecule has 0 aliphatic rings. The van der Waals surface area contributed by atoms with E-state index in [1.54, 1.807) is 24.3 Å². The van der Waals surface area contributed by atoms with E-state index in [0.29, 0.717) is 30.2 Å². The summed E-state index contributed by atoms with van der Waals surface area (Å²) in [6, 6.07) is 7.13. The van der Waals surface area contributed by atoms with Gasteiger partial charge in [0.25, 0.3) is 5.91 Å². The number of nitrogens with one attached hydrogen (secondary N) is 3. The van der Waals surface area contributed by atoms with Crippen molar-refractivity contribution in [3.63, 3.8) is 0 Å². The molecule has 0 aliphatic heterocycles. The van der Waals surface area contributed by atoms with Gasteiger partial charge in [0.1, 0.15) is 17.1 Å². The first kappa shape index (κ1) is 14.7. The molecule has 21 heavy (non-hydrogen) atoms. The molecule has 0 spiro atoms. The molecular formula is C14H19N5O2. The second-order valence-electron chi connectivity index (χ2n) is 4.30. The lowest BCUT2D eigenvalue weighted by Crippen LogP contribution is -2.15. The van der Waals surface area contributed by atoms with E-state index in [1.807, 2.05) is 13.8 Å². The second kappa shape index (κ2) is 6.65. The molecule has 7 nitrogen and oxygen atoms in total. The lowest BCUT2D eigenvalue weighted by Gasteiger charge is -2.08. The summed E-state index contributed by atoms with van der Waals surface area (Å²) in [4.78, 5) is 12.3. The molecule has 2 aromatic rings. The van der Waals surface area contributed by atoms with Crippen molar-refractivity contribution in [3.8, 4) is 5.75 Å². The van der Waals surface area contributed by atoms with Crippen LogP contribution >= 0.6 is 0 Å². The monoisotopic (exact) mass is 289 g/mol. The molecule has 112 valence electrons. The predicted octanol–water partition coefficient (Wildman–Crippen LogP) is 2.07. The number of nitrogens with zero attached hydrogens (tertiary/aromatic N) is 1. The molecule has 0 saturated carbocycles. The first-order chi connectivity index (χ1) is 10.2. The van der Waals surface area contributed by atoms with Crippen molar-refractivity contribution in [3.05, 3.63) is 29.8 Å². The Labute approximate surface area is 122 Å². The first-order valence-corrected chi connectivity index (χ1v) is 6.77. The Morgan fingerprint density at radius 2 is 2.05 bits per heavy atom. The van der Waals surface area contributed by atoms with Crippen molar-refractivity contribution in [2.75, 3.05) is 29.5 Å². The van der Waals surface area contributed by atoms with Crippen LogP contribution in [0.15, 0.2) is 24.3 Å². The van der Waals surface area contributed by atoms with Crippen molar-refractivity contribution in [1.29, 1.82) is 0 Å². The molecule has 0 fully saturated rings. The largest absolute Gasteiger partial charge is 0.494 e. The summed E-state index contributed by atoms with van der Waals surface area (Å²) in [6.07, 6.45) is 0. The Hall–Kier alpha value is -2.70. The molecule has 1 heterocycles. The minimum absolute atomic E-state index is 0.231. The van der Waals surface area contributed by atoms with Gasteiger partial charge < -0.3 is 21.1 Å². The van der Waals surface area contributed by atoms with E-state index in [4.69, 9.17) is 10.5 Å². The van der Waals surface area contributed by atoms with E-state index >= 15 is 0 Å². The number of nitrogen functional groups attached to an aromatic ring is 1. The molecule has 7 heteroatoms. The maximum absolute atomic E-state index is 12.3. The van der Waals surface area contributed by atoms with E-state index in [0.717, 1.165) is 5.75 Å². The average molecular weight is 289 g/mol. The van der Waals surface area contributed by atoms with Crippen molar-refractivity contribution in [2.45, 2.75) is 13.8 Å². The summed E-state index contributed by atoms with van der Waals surface area (Å²) in [7, 11) is 0. The number of ether oxygens (including phenoxy) is 1. The SMILES string of the molecule is CCNc1n[nH]c(N)c1C(=O)Nc1ccc(OCC)cc1. The highest BCUT2D eigenvalue weighted by atomic mass is 16.5. The highest BCUT2D eigenvalue weighted by Gasteiger charge is 2.18. The van der Waals surface area contributed by atoms with Crippen LogP contribution in [0.3, 0.4) is 0 Å². The van der Waals surface area contributed by atoms with Gasteiger partial charge in [-0.15, -0.1) is 0 Å². The maximum atomic E-state index is 12.3. The molecule has 1 aromatic heterocycles. The van der Waals surface area contributed by atoms with Gasteiger partial charge in [0, 0.05) is 12.2 Å². The molecule has 0 aliphatic carbocycles. The summed E-state index contributed by atoms with van der Waals surface area (Å²) >= 11 is 0. The Morgan fingerprint density at radius 3 is 2.67 bits per heavy atom. The number of hydrogen-bond acceptors (Lipinski definition) is 5. The van der Waals surface area contributed by atoms with Gasteiger partial charge in [-0.05, 0) is 38.1 Å². The summed E-state index contributed by atoms with van der Waals surface area (Å²) in [5.41, 5.74) is 6.72. The van der Waals surface area contributed by atoms with E-state index in [9.17, 15) is 4.79 Å². The number of H-pyrrole nitrogens is 1. The van der Waals surface area contributed by atoms with Crippen molar-refractivity contribution >= 4 is 23.2 Å². The quantitative estimate of drug-likeness (QED) is 0.651. The molecule has 0 bridgehead atoms. The normalized spacial score (nSPS) is 10.2. The number of carbonyl (C=O) groups excluding carboxylic acids is 1. The number of aromatic amines is 1. The number of aromatic nitrogens is 2. The van der Waals surface area contributed by atoms with E-state index < -0.39 is 0 Å². The zero-order chi connectivity index (χ0) is 15.2. The second-order valence-corrected chi connectivity index (χ2v) is 4.30. The van der Waals surface area contributed by atoms with E-state index in [1.165, 1.54) is 0 Å². The molecule has 1 amide bonds. The van der Waals surface area contributed by atoms with Crippen LogP contribution in [0, 0.1) is 0 Å². The Bertz CT molecular complexity index is 606. The lowest BCUT2D eigenvalue weighted by molar-refractivity contribution is 0.102. The van der Waals surface area contributed by atoms with Gasteiger partial charge in [-0.2, -0.15) is 5.10 Å². The van der Waals surface area contributed by atoms with Crippen LogP contribution in [0.25, 0.3) is 0 Å². The summed E-state index contributed by atoms with van der Waals surface area (Å²) in [5.74, 6) is 1.11. The van der Waals surface area contributed by atoms with Crippen LogP contribution in [-0.2, 0) is 0 Å². The summed E-state index contributed by atoms with van der Waals surface area (Å²) < 4.78 is 5.35. The minimum Gasteiger partial charge on any atom is -0.494 e. The number of benzene rings is 1. The third-order valence-corrected chi connectivity index (χ3v) is 2.79. The van der Waals surface area contributed by atoms with E-state index in [2.05, 4.69) is 20.8 Å². The highest BCUT2D eigenvalue weighted by molar-refractivity contribution is 6.10. The highest BCUT2D eigenvalue weighted by Crippen LogP contribution is 2.21. The lowest BCUT2D eigenvalue weighted by atomic mass is 10.2. The zero-order valence-electron chi connectivity index (χ0n) is 12.1. The number of rotatable bonds is 6. The first-order valence-electron chi connectivity index (χ1n) is 6.77. The van der Waals surface area contributed by atoms with Crippen LogP contribution in [-0.4, -0.2) is 29.3 Å². The van der Waals surface area contributed by atoms with Gasteiger partial charge in [0.15, 0.2) is 5.82 Å². The Kier molecular flexibility index (Phi) is 4.65. The number of nitrogens with two attached hydrogens (primary N) is 1. The van der Waals surface area contributed by atoms with Gasteiger partial charge in [-0.1, -0.05) is 0 Å². The van der Waals surface area contributed by atoms with Gasteiger partial charge in [-0.3, -0.25) is 9.89 Å². The van der Waals surface area contributed by atoms with Crippen LogP contribution < -0.4 is 21.1 Å². The van der Waals surface area contributed by atoms with Crippen LogP contribution in [0.2, 0.25) is 0 Å². The zero-order valence-corrected chi connectivity index (χ0v) is 12.1. The molecule has 2 rings (SSSR count). The van der Waals surface area contributed by atoms with Gasteiger partial charge in [0.05, 0.1) is 6.61 Å². The summed E-state index contributed by atoms with van der Waals surface area (Å²) in [6.45, 7) is 5.08. The van der Waals surface area contributed by atoms with E-state index in [-0.39, 0.29) is 11.7 Å². The minimum atomic E-state index is -0.318. The molecule has 0 saturated heterocycles. The smallest absolute Gasteiger partial charge is 0.263 e. The number of amides is 1. The Balaban J connectivity index is 2.12. The maximum Gasteiger partial charge on any atom is 0.263 e. The average Bonchev–Trinajstić information content (AvgIpc) is 2.83. The Morgan fingerprint density at radius 1 is 1.33 bits per heavy atom. The predicted molar refractivity (Wildman–Crippen MR) is 82.7 cm³/mol. The van der Waals surface area contributed by atoms with Gasteiger partial charge in [0.2, 0.25) is 0 Å². The molecule has 5 N–H and O–H groups in total.